The van der Waals surface area contributed by atoms with Gasteiger partial charge in [-0.2, -0.15) is 5.10 Å². The number of aromatic nitrogens is 3. The number of hydrogen-bond acceptors (Lipinski definition) is 6. The Morgan fingerprint density at radius 1 is 1.50 bits per heavy atom. The normalized spacial score (nSPS) is 11.8. The summed E-state index contributed by atoms with van der Waals surface area (Å²) in [6.45, 7) is 1.69. The van der Waals surface area contributed by atoms with Crippen molar-refractivity contribution < 1.29 is 9.53 Å². The van der Waals surface area contributed by atoms with E-state index in [1.165, 1.54) is 7.11 Å². The van der Waals surface area contributed by atoms with Gasteiger partial charge in [0.25, 0.3) is 5.56 Å². The molecule has 1 amide bonds. The quantitative estimate of drug-likeness (QED) is 0.807. The number of methoxy groups -OCH3 is 1. The minimum Gasteiger partial charge on any atom is -0.495 e. The topological polar surface area (TPSA) is 97.0 Å². The van der Waals surface area contributed by atoms with E-state index in [-0.39, 0.29) is 16.6 Å². The maximum absolute atomic E-state index is 12.1. The van der Waals surface area contributed by atoms with Crippen LogP contribution in [0.4, 0.5) is 5.69 Å². The number of nitrogens with one attached hydrogen (secondary N) is 2. The van der Waals surface area contributed by atoms with Crippen LogP contribution < -0.4 is 15.6 Å². The SMILES string of the molecule is COc1ccc(NC(=O)C(C)Sc2nncc(=O)[nH]2)cc1Cl. The van der Waals surface area contributed by atoms with Crippen molar-refractivity contribution in [2.24, 2.45) is 0 Å². The Hall–Kier alpha value is -2.06. The van der Waals surface area contributed by atoms with Gasteiger partial charge in [0.15, 0.2) is 5.16 Å². The Bertz CT molecular complexity index is 737. The molecule has 1 aromatic carbocycles. The second-order valence-electron chi connectivity index (χ2n) is 4.24. The third kappa shape index (κ3) is 4.22. The minimum absolute atomic E-state index is 0.252. The largest absolute Gasteiger partial charge is 0.495 e. The number of carbonyl (C=O) groups is 1. The molecule has 116 valence electrons. The number of amides is 1. The van der Waals surface area contributed by atoms with E-state index in [9.17, 15) is 9.59 Å². The second kappa shape index (κ2) is 7.28. The zero-order valence-corrected chi connectivity index (χ0v) is 13.4. The molecule has 0 aliphatic heterocycles. The Morgan fingerprint density at radius 2 is 2.27 bits per heavy atom. The van der Waals surface area contributed by atoms with Crippen molar-refractivity contribution in [3.05, 3.63) is 39.8 Å². The third-order valence-corrected chi connectivity index (χ3v) is 3.90. The average Bonchev–Trinajstić information content (AvgIpc) is 2.47. The van der Waals surface area contributed by atoms with Crippen LogP contribution >= 0.6 is 23.4 Å². The number of thioether (sulfide) groups is 1. The van der Waals surface area contributed by atoms with Crippen molar-refractivity contribution in [3.8, 4) is 5.75 Å². The Kier molecular flexibility index (Phi) is 5.40. The third-order valence-electron chi connectivity index (χ3n) is 2.63. The number of halogens is 1. The molecule has 2 aromatic rings. The number of anilines is 1. The van der Waals surface area contributed by atoms with Gasteiger partial charge in [0.05, 0.1) is 17.4 Å². The summed E-state index contributed by atoms with van der Waals surface area (Å²) in [5, 5.41) is 10.2. The van der Waals surface area contributed by atoms with Crippen LogP contribution in [0.2, 0.25) is 5.02 Å². The molecule has 9 heteroatoms. The monoisotopic (exact) mass is 340 g/mol. The number of benzene rings is 1. The van der Waals surface area contributed by atoms with E-state index in [1.807, 2.05) is 0 Å². The van der Waals surface area contributed by atoms with Crippen molar-refractivity contribution in [1.82, 2.24) is 15.2 Å². The van der Waals surface area contributed by atoms with Crippen LogP contribution in [0.3, 0.4) is 0 Å². The standard InChI is InChI=1S/C13H13ClN4O3S/c1-7(22-13-17-11(19)6-15-18-13)12(20)16-8-3-4-10(21-2)9(14)5-8/h3-7H,1-2H3,(H,16,20)(H,17,18,19). The minimum atomic E-state index is -0.478. The average molecular weight is 341 g/mol. The fourth-order valence-electron chi connectivity index (χ4n) is 1.56. The molecule has 0 aliphatic carbocycles. The van der Waals surface area contributed by atoms with Crippen LogP contribution in [0.1, 0.15) is 6.92 Å². The number of nitrogens with zero attached hydrogens (tertiary/aromatic N) is 2. The summed E-state index contributed by atoms with van der Waals surface area (Å²) in [6.07, 6.45) is 1.06. The predicted molar refractivity (Wildman–Crippen MR) is 84.6 cm³/mol. The molecule has 7 nitrogen and oxygen atoms in total. The first-order chi connectivity index (χ1) is 10.5. The fraction of sp³-hybridized carbons (Fsp3) is 0.231. The smallest absolute Gasteiger partial charge is 0.270 e. The van der Waals surface area contributed by atoms with Crippen molar-refractivity contribution in [1.29, 1.82) is 0 Å². The van der Waals surface area contributed by atoms with Gasteiger partial charge in [0, 0.05) is 5.69 Å². The van der Waals surface area contributed by atoms with Crippen molar-refractivity contribution in [2.75, 3.05) is 12.4 Å². The molecular formula is C13H13ClN4O3S. The number of aromatic amines is 1. The van der Waals surface area contributed by atoms with E-state index in [4.69, 9.17) is 16.3 Å². The highest BCUT2D eigenvalue weighted by Crippen LogP contribution is 2.27. The zero-order chi connectivity index (χ0) is 16.1. The molecule has 2 N–H and O–H groups in total. The van der Waals surface area contributed by atoms with E-state index in [2.05, 4.69) is 20.5 Å². The Morgan fingerprint density at radius 3 is 2.91 bits per heavy atom. The number of hydrogen-bond donors (Lipinski definition) is 2. The lowest BCUT2D eigenvalue weighted by Crippen LogP contribution is -2.23. The Labute approximate surface area is 135 Å². The summed E-state index contributed by atoms with van der Waals surface area (Å²) in [5.41, 5.74) is 0.183. The van der Waals surface area contributed by atoms with E-state index in [0.717, 1.165) is 18.0 Å². The number of H-pyrrole nitrogens is 1. The summed E-state index contributed by atoms with van der Waals surface area (Å²) < 4.78 is 5.04. The van der Waals surface area contributed by atoms with Gasteiger partial charge in [-0.05, 0) is 25.1 Å². The molecule has 1 aromatic heterocycles. The molecule has 0 fully saturated rings. The second-order valence-corrected chi connectivity index (χ2v) is 5.97. The van der Waals surface area contributed by atoms with Crippen LogP contribution in [0.5, 0.6) is 5.75 Å². The molecule has 0 spiro atoms. The summed E-state index contributed by atoms with van der Waals surface area (Å²) >= 11 is 7.10. The molecule has 2 rings (SSSR count). The molecule has 1 heterocycles. The molecule has 0 bridgehead atoms. The van der Waals surface area contributed by atoms with Crippen molar-refractivity contribution in [3.63, 3.8) is 0 Å². The van der Waals surface area contributed by atoms with Gasteiger partial charge < -0.3 is 10.1 Å². The lowest BCUT2D eigenvalue weighted by atomic mass is 10.3. The van der Waals surface area contributed by atoms with Crippen molar-refractivity contribution >= 4 is 35.0 Å². The molecule has 0 saturated carbocycles. The highest BCUT2D eigenvalue weighted by atomic mass is 35.5. The van der Waals surface area contributed by atoms with Crippen LogP contribution in [-0.2, 0) is 4.79 Å². The van der Waals surface area contributed by atoms with Gasteiger partial charge in [-0.25, -0.2) is 0 Å². The molecule has 0 aliphatic rings. The lowest BCUT2D eigenvalue weighted by Gasteiger charge is -2.12. The van der Waals surface area contributed by atoms with E-state index >= 15 is 0 Å². The molecule has 0 radical (unpaired) electrons. The summed E-state index contributed by atoms with van der Waals surface area (Å²) in [7, 11) is 1.51. The first-order valence-electron chi connectivity index (χ1n) is 6.22. The van der Waals surface area contributed by atoms with E-state index in [1.54, 1.807) is 25.1 Å². The van der Waals surface area contributed by atoms with Gasteiger partial charge >= 0.3 is 0 Å². The van der Waals surface area contributed by atoms with Crippen LogP contribution in [-0.4, -0.2) is 33.4 Å². The molecule has 0 saturated heterocycles. The van der Waals surface area contributed by atoms with E-state index in [0.29, 0.717) is 16.5 Å². The highest BCUT2D eigenvalue weighted by molar-refractivity contribution is 8.00. The maximum atomic E-state index is 12.1. The van der Waals surface area contributed by atoms with Crippen LogP contribution in [0, 0.1) is 0 Å². The zero-order valence-electron chi connectivity index (χ0n) is 11.8. The number of carbonyl (C=O) groups excluding carboxylic acids is 1. The molecule has 1 unspecified atom stereocenters. The van der Waals surface area contributed by atoms with Gasteiger partial charge in [-0.15, -0.1) is 5.10 Å². The van der Waals surface area contributed by atoms with Gasteiger partial charge in [-0.1, -0.05) is 23.4 Å². The van der Waals surface area contributed by atoms with Crippen LogP contribution in [0.25, 0.3) is 0 Å². The molecule has 1 atom stereocenters. The summed E-state index contributed by atoms with van der Waals surface area (Å²) in [4.78, 5) is 25.8. The van der Waals surface area contributed by atoms with E-state index < -0.39 is 5.25 Å². The van der Waals surface area contributed by atoms with Crippen LogP contribution in [0.15, 0.2) is 34.3 Å². The fourth-order valence-corrected chi connectivity index (χ4v) is 2.57. The summed E-state index contributed by atoms with van der Waals surface area (Å²) in [5.74, 6) is 0.275. The lowest BCUT2D eigenvalue weighted by molar-refractivity contribution is -0.115. The van der Waals surface area contributed by atoms with Gasteiger partial charge in [0.1, 0.15) is 11.9 Å². The predicted octanol–water partition coefficient (Wildman–Crippen LogP) is 1.95. The van der Waals surface area contributed by atoms with Crippen molar-refractivity contribution in [2.45, 2.75) is 17.3 Å². The summed E-state index contributed by atoms with van der Waals surface area (Å²) in [6, 6.07) is 4.94. The first kappa shape index (κ1) is 16.3. The maximum Gasteiger partial charge on any atom is 0.270 e. The molecule has 22 heavy (non-hydrogen) atoms. The molecular weight excluding hydrogens is 328 g/mol. The first-order valence-corrected chi connectivity index (χ1v) is 7.48. The highest BCUT2D eigenvalue weighted by Gasteiger charge is 2.16. The number of ether oxygens (including phenoxy) is 1. The number of rotatable bonds is 5. The van der Waals surface area contributed by atoms with Gasteiger partial charge in [-0.3, -0.25) is 14.6 Å². The Balaban J connectivity index is 2.02. The van der Waals surface area contributed by atoms with Gasteiger partial charge in [0.2, 0.25) is 5.91 Å².